The SMILES string of the molecule is N#CCC1CNC(C(C(=O)Nc2cnccc2OCC2CC2)C(N)N)NC1. The Hall–Kier alpha value is -2.25. The number of hydrogen-bond donors (Lipinski definition) is 5. The van der Waals surface area contributed by atoms with Gasteiger partial charge in [0.1, 0.15) is 11.4 Å². The van der Waals surface area contributed by atoms with Crippen LogP contribution < -0.4 is 32.2 Å². The van der Waals surface area contributed by atoms with Crippen LogP contribution in [0.5, 0.6) is 5.75 Å². The lowest BCUT2D eigenvalue weighted by Gasteiger charge is -2.36. The maximum absolute atomic E-state index is 12.9. The van der Waals surface area contributed by atoms with E-state index in [2.05, 4.69) is 27.0 Å². The minimum Gasteiger partial charge on any atom is -0.491 e. The van der Waals surface area contributed by atoms with Crippen LogP contribution in [0.2, 0.25) is 0 Å². The van der Waals surface area contributed by atoms with E-state index in [9.17, 15) is 4.79 Å². The molecule has 1 amide bonds. The molecule has 27 heavy (non-hydrogen) atoms. The van der Waals surface area contributed by atoms with Crippen molar-refractivity contribution in [3.63, 3.8) is 0 Å². The van der Waals surface area contributed by atoms with Gasteiger partial charge in [-0.25, -0.2) is 0 Å². The van der Waals surface area contributed by atoms with Crippen molar-refractivity contribution in [1.82, 2.24) is 15.6 Å². The Morgan fingerprint density at radius 2 is 2.11 bits per heavy atom. The van der Waals surface area contributed by atoms with Crippen LogP contribution in [0.3, 0.4) is 0 Å². The summed E-state index contributed by atoms with van der Waals surface area (Å²) in [4.78, 5) is 16.9. The first-order valence-corrected chi connectivity index (χ1v) is 9.31. The van der Waals surface area contributed by atoms with Gasteiger partial charge in [-0.1, -0.05) is 0 Å². The van der Waals surface area contributed by atoms with Crippen molar-refractivity contribution >= 4 is 11.6 Å². The van der Waals surface area contributed by atoms with E-state index in [0.717, 1.165) is 0 Å². The van der Waals surface area contributed by atoms with Crippen LogP contribution in [-0.2, 0) is 4.79 Å². The average molecular weight is 373 g/mol. The van der Waals surface area contributed by atoms with Crippen molar-refractivity contribution in [3.05, 3.63) is 18.5 Å². The van der Waals surface area contributed by atoms with Crippen molar-refractivity contribution in [3.8, 4) is 11.8 Å². The third-order valence-electron chi connectivity index (χ3n) is 4.92. The van der Waals surface area contributed by atoms with Gasteiger partial charge in [0.2, 0.25) is 5.91 Å². The summed E-state index contributed by atoms with van der Waals surface area (Å²) in [5, 5.41) is 18.1. The van der Waals surface area contributed by atoms with Crippen LogP contribution in [0.15, 0.2) is 18.5 Å². The highest BCUT2D eigenvalue weighted by Gasteiger charge is 2.35. The Labute approximate surface area is 158 Å². The molecule has 0 radical (unpaired) electrons. The van der Waals surface area contributed by atoms with Gasteiger partial charge in [-0.15, -0.1) is 0 Å². The fraction of sp³-hybridized carbons (Fsp3) is 0.611. The molecule has 0 spiro atoms. The van der Waals surface area contributed by atoms with Crippen LogP contribution in [0, 0.1) is 29.1 Å². The molecule has 2 fully saturated rings. The first kappa shape index (κ1) is 19.5. The van der Waals surface area contributed by atoms with Crippen LogP contribution >= 0.6 is 0 Å². The number of aromatic nitrogens is 1. The van der Waals surface area contributed by atoms with Crippen molar-refractivity contribution in [2.24, 2.45) is 29.2 Å². The summed E-state index contributed by atoms with van der Waals surface area (Å²) in [7, 11) is 0. The van der Waals surface area contributed by atoms with Crippen LogP contribution in [0.4, 0.5) is 5.69 Å². The number of carbonyl (C=O) groups excluding carboxylic acids is 1. The molecule has 1 saturated carbocycles. The normalized spacial score (nSPS) is 23.5. The van der Waals surface area contributed by atoms with E-state index in [1.165, 1.54) is 12.8 Å². The maximum atomic E-state index is 12.9. The predicted molar refractivity (Wildman–Crippen MR) is 100 cm³/mol. The Kier molecular flexibility index (Phi) is 6.58. The standard InChI is InChI=1S/C18H27N7O2/c19-5-3-12-7-23-17(24-8-12)15(16(20)21)18(26)25-13-9-22-6-4-14(13)27-10-11-1-2-11/h4,6,9,11-12,15-17,23-24H,1-3,7-8,10,20-21H2,(H,25,26). The highest BCUT2D eigenvalue weighted by Crippen LogP contribution is 2.31. The Balaban J connectivity index is 1.63. The number of amides is 1. The topological polar surface area (TPSA) is 151 Å². The Morgan fingerprint density at radius 3 is 2.74 bits per heavy atom. The monoisotopic (exact) mass is 373 g/mol. The zero-order chi connectivity index (χ0) is 19.2. The quantitative estimate of drug-likeness (QED) is 0.390. The molecule has 1 aromatic heterocycles. The first-order valence-electron chi connectivity index (χ1n) is 9.31. The molecule has 2 heterocycles. The van der Waals surface area contributed by atoms with E-state index in [1.807, 2.05) is 0 Å². The number of rotatable bonds is 8. The number of pyridine rings is 1. The molecule has 146 valence electrons. The van der Waals surface area contributed by atoms with Crippen LogP contribution in [0.25, 0.3) is 0 Å². The molecule has 1 aliphatic heterocycles. The van der Waals surface area contributed by atoms with Gasteiger partial charge in [0.15, 0.2) is 0 Å². The summed E-state index contributed by atoms with van der Waals surface area (Å²) in [5.41, 5.74) is 12.3. The third kappa shape index (κ3) is 5.37. The highest BCUT2D eigenvalue weighted by molar-refractivity contribution is 5.94. The number of hydrogen-bond acceptors (Lipinski definition) is 8. The Morgan fingerprint density at radius 1 is 1.37 bits per heavy atom. The first-order chi connectivity index (χ1) is 13.1. The molecule has 9 heteroatoms. The van der Waals surface area contributed by atoms with Gasteiger partial charge in [0.25, 0.3) is 0 Å². The van der Waals surface area contributed by atoms with E-state index < -0.39 is 12.1 Å². The number of nitrogens with two attached hydrogens (primary N) is 2. The summed E-state index contributed by atoms with van der Waals surface area (Å²) in [5.74, 6) is 0.393. The zero-order valence-electron chi connectivity index (χ0n) is 15.2. The summed E-state index contributed by atoms with van der Waals surface area (Å²) >= 11 is 0. The fourth-order valence-corrected chi connectivity index (χ4v) is 3.12. The summed E-state index contributed by atoms with van der Waals surface area (Å²) < 4.78 is 5.81. The number of nitrogens with one attached hydrogen (secondary N) is 3. The smallest absolute Gasteiger partial charge is 0.233 e. The summed E-state index contributed by atoms with van der Waals surface area (Å²) in [6.07, 6.45) is 4.79. The van der Waals surface area contributed by atoms with E-state index >= 15 is 0 Å². The van der Waals surface area contributed by atoms with Gasteiger partial charge in [0.05, 0.1) is 37.1 Å². The van der Waals surface area contributed by atoms with Gasteiger partial charge in [0, 0.05) is 31.8 Å². The molecule has 1 saturated heterocycles. The number of anilines is 1. The number of nitrogens with zero attached hydrogens (tertiary/aromatic N) is 2. The minimum atomic E-state index is -0.852. The average Bonchev–Trinajstić information content (AvgIpc) is 3.47. The van der Waals surface area contributed by atoms with Gasteiger partial charge < -0.3 is 32.2 Å². The van der Waals surface area contributed by atoms with Crippen LogP contribution in [-0.4, -0.2) is 42.9 Å². The van der Waals surface area contributed by atoms with E-state index in [1.54, 1.807) is 18.5 Å². The van der Waals surface area contributed by atoms with Gasteiger partial charge in [-0.2, -0.15) is 5.26 Å². The zero-order valence-corrected chi connectivity index (χ0v) is 15.2. The van der Waals surface area contributed by atoms with Crippen molar-refractivity contribution in [1.29, 1.82) is 5.26 Å². The van der Waals surface area contributed by atoms with Crippen molar-refractivity contribution in [2.45, 2.75) is 31.6 Å². The second-order valence-electron chi connectivity index (χ2n) is 7.24. The molecule has 3 rings (SSSR count). The molecular formula is C18H27N7O2. The molecule has 7 N–H and O–H groups in total. The maximum Gasteiger partial charge on any atom is 0.233 e. The molecule has 1 aromatic rings. The summed E-state index contributed by atoms with van der Waals surface area (Å²) in [6.45, 7) is 1.90. The molecule has 0 bridgehead atoms. The Bertz CT molecular complexity index is 679. The van der Waals surface area contributed by atoms with E-state index in [0.29, 0.717) is 43.5 Å². The number of ether oxygens (including phenoxy) is 1. The van der Waals surface area contributed by atoms with Crippen LogP contribution in [0.1, 0.15) is 19.3 Å². The predicted octanol–water partition coefficient (Wildman–Crippen LogP) is -0.283. The van der Waals surface area contributed by atoms with E-state index in [-0.39, 0.29) is 18.0 Å². The molecule has 2 aliphatic rings. The van der Waals surface area contributed by atoms with Gasteiger partial charge in [-0.3, -0.25) is 9.78 Å². The molecule has 9 nitrogen and oxygen atoms in total. The van der Waals surface area contributed by atoms with Gasteiger partial charge >= 0.3 is 0 Å². The molecule has 0 aromatic carbocycles. The molecule has 1 aliphatic carbocycles. The van der Waals surface area contributed by atoms with Crippen molar-refractivity contribution < 1.29 is 9.53 Å². The van der Waals surface area contributed by atoms with Crippen molar-refractivity contribution in [2.75, 3.05) is 25.0 Å². The fourth-order valence-electron chi connectivity index (χ4n) is 3.12. The number of carbonyl (C=O) groups is 1. The van der Waals surface area contributed by atoms with E-state index in [4.69, 9.17) is 21.5 Å². The lowest BCUT2D eigenvalue weighted by molar-refractivity contribution is -0.122. The largest absolute Gasteiger partial charge is 0.491 e. The molecular weight excluding hydrogens is 346 g/mol. The second-order valence-corrected chi connectivity index (χ2v) is 7.24. The lowest BCUT2D eigenvalue weighted by atomic mass is 9.96. The third-order valence-corrected chi connectivity index (χ3v) is 4.92. The molecule has 1 atom stereocenters. The second kappa shape index (κ2) is 9.10. The summed E-state index contributed by atoms with van der Waals surface area (Å²) in [6, 6.07) is 3.90. The van der Waals surface area contributed by atoms with Gasteiger partial charge in [-0.05, 0) is 24.7 Å². The number of nitriles is 1. The highest BCUT2D eigenvalue weighted by atomic mass is 16.5. The lowest BCUT2D eigenvalue weighted by Crippen LogP contribution is -2.63. The minimum absolute atomic E-state index is 0.199. The molecule has 1 unspecified atom stereocenters.